The molecule has 0 amide bonds. The van der Waals surface area contributed by atoms with Crippen molar-refractivity contribution in [1.29, 1.82) is 5.26 Å². The largest absolute Gasteiger partial charge is 0.397 e. The predicted molar refractivity (Wildman–Crippen MR) is 45.7 cm³/mol. The van der Waals surface area contributed by atoms with Crippen LogP contribution in [0.25, 0.3) is 0 Å². The molecule has 0 radical (unpaired) electrons. The van der Waals surface area contributed by atoms with Gasteiger partial charge in [-0.05, 0) is 15.9 Å². The van der Waals surface area contributed by atoms with Crippen molar-refractivity contribution >= 4 is 21.6 Å². The lowest BCUT2D eigenvalue weighted by molar-refractivity contribution is 1.18. The minimum Gasteiger partial charge on any atom is -0.397 e. The molecule has 56 valence electrons. The Morgan fingerprint density at radius 2 is 2.36 bits per heavy atom. The van der Waals surface area contributed by atoms with E-state index < -0.39 is 0 Å². The third kappa shape index (κ3) is 1.69. The number of hydrogen-bond acceptors (Lipinski definition) is 3. The van der Waals surface area contributed by atoms with E-state index >= 15 is 0 Å². The molecule has 0 aliphatic carbocycles. The van der Waals surface area contributed by atoms with Crippen molar-refractivity contribution in [2.75, 3.05) is 5.73 Å². The van der Waals surface area contributed by atoms with Gasteiger partial charge in [-0.15, -0.1) is 0 Å². The van der Waals surface area contributed by atoms with Crippen LogP contribution in [0.3, 0.4) is 0 Å². The Bertz CT molecular complexity index is 303. The van der Waals surface area contributed by atoms with Crippen LogP contribution in [0.1, 0.15) is 5.56 Å². The van der Waals surface area contributed by atoms with Gasteiger partial charge in [-0.1, -0.05) is 0 Å². The molecule has 1 rings (SSSR count). The topological polar surface area (TPSA) is 62.7 Å². The standard InChI is InChI=1S/C7H6BrN3/c8-7-5(1-2-9)3-11-4-6(7)10/h3-4H,1,10H2. The maximum atomic E-state index is 8.40. The molecule has 1 aromatic rings. The Morgan fingerprint density at radius 3 is 3.00 bits per heavy atom. The van der Waals surface area contributed by atoms with E-state index in [4.69, 9.17) is 11.0 Å². The SMILES string of the molecule is N#CCc1cncc(N)c1Br. The fourth-order valence-corrected chi connectivity index (χ4v) is 1.06. The van der Waals surface area contributed by atoms with Crippen LogP contribution in [-0.4, -0.2) is 4.98 Å². The number of nitrogen functional groups attached to an aromatic ring is 1. The van der Waals surface area contributed by atoms with Gasteiger partial charge in [-0.25, -0.2) is 0 Å². The van der Waals surface area contributed by atoms with Gasteiger partial charge in [-0.3, -0.25) is 4.98 Å². The Labute approximate surface area is 73.0 Å². The van der Waals surface area contributed by atoms with Gasteiger partial charge in [0.25, 0.3) is 0 Å². The second-order valence-corrected chi connectivity index (χ2v) is 2.83. The van der Waals surface area contributed by atoms with Crippen molar-refractivity contribution in [2.45, 2.75) is 6.42 Å². The zero-order chi connectivity index (χ0) is 8.27. The van der Waals surface area contributed by atoms with E-state index in [-0.39, 0.29) is 0 Å². The smallest absolute Gasteiger partial charge is 0.0670 e. The number of nitrogens with zero attached hydrogens (tertiary/aromatic N) is 2. The zero-order valence-electron chi connectivity index (χ0n) is 5.71. The lowest BCUT2D eigenvalue weighted by atomic mass is 10.2. The number of pyridine rings is 1. The van der Waals surface area contributed by atoms with Gasteiger partial charge in [0.15, 0.2) is 0 Å². The Morgan fingerprint density at radius 1 is 1.64 bits per heavy atom. The summed E-state index contributed by atoms with van der Waals surface area (Å²) in [6.45, 7) is 0. The van der Waals surface area contributed by atoms with Crippen molar-refractivity contribution in [2.24, 2.45) is 0 Å². The molecule has 0 atom stereocenters. The van der Waals surface area contributed by atoms with Crippen LogP contribution in [0.5, 0.6) is 0 Å². The molecular weight excluding hydrogens is 206 g/mol. The van der Waals surface area contributed by atoms with Crippen LogP contribution in [-0.2, 0) is 6.42 Å². The average molecular weight is 212 g/mol. The monoisotopic (exact) mass is 211 g/mol. The van der Waals surface area contributed by atoms with Crippen molar-refractivity contribution in [1.82, 2.24) is 4.98 Å². The first kappa shape index (κ1) is 8.02. The van der Waals surface area contributed by atoms with E-state index in [2.05, 4.69) is 20.9 Å². The number of nitriles is 1. The fourth-order valence-electron chi connectivity index (χ4n) is 0.715. The second kappa shape index (κ2) is 3.35. The van der Waals surface area contributed by atoms with Gasteiger partial charge in [0, 0.05) is 16.2 Å². The van der Waals surface area contributed by atoms with Crippen LogP contribution >= 0.6 is 15.9 Å². The number of aromatic nitrogens is 1. The summed E-state index contributed by atoms with van der Waals surface area (Å²) in [7, 11) is 0. The molecular formula is C7H6BrN3. The molecule has 0 saturated carbocycles. The van der Waals surface area contributed by atoms with Gasteiger partial charge in [-0.2, -0.15) is 5.26 Å². The van der Waals surface area contributed by atoms with Crippen molar-refractivity contribution < 1.29 is 0 Å². The van der Waals surface area contributed by atoms with E-state index in [0.717, 1.165) is 10.0 Å². The van der Waals surface area contributed by atoms with Crippen molar-refractivity contribution in [3.8, 4) is 6.07 Å². The summed E-state index contributed by atoms with van der Waals surface area (Å²) in [6, 6.07) is 2.03. The van der Waals surface area contributed by atoms with Crippen molar-refractivity contribution in [3.63, 3.8) is 0 Å². The maximum Gasteiger partial charge on any atom is 0.0670 e. The molecule has 0 fully saturated rings. The van der Waals surface area contributed by atoms with Gasteiger partial charge in [0.1, 0.15) is 0 Å². The first-order valence-electron chi connectivity index (χ1n) is 3.00. The minimum atomic E-state index is 0.332. The average Bonchev–Trinajstić information content (AvgIpc) is 1.99. The predicted octanol–water partition coefficient (Wildman–Crippen LogP) is 1.49. The van der Waals surface area contributed by atoms with Gasteiger partial charge in [0.2, 0.25) is 0 Å². The molecule has 0 saturated heterocycles. The van der Waals surface area contributed by atoms with Gasteiger partial charge < -0.3 is 5.73 Å². The highest BCUT2D eigenvalue weighted by atomic mass is 79.9. The van der Waals surface area contributed by atoms with Crippen molar-refractivity contribution in [3.05, 3.63) is 22.4 Å². The number of anilines is 1. The number of hydrogen-bond donors (Lipinski definition) is 1. The highest BCUT2D eigenvalue weighted by molar-refractivity contribution is 9.10. The van der Waals surface area contributed by atoms with Crippen LogP contribution in [0.2, 0.25) is 0 Å². The Balaban J connectivity index is 3.08. The number of halogens is 1. The maximum absolute atomic E-state index is 8.40. The van der Waals surface area contributed by atoms with E-state index in [1.165, 1.54) is 0 Å². The normalized spacial score (nSPS) is 9.09. The summed E-state index contributed by atoms with van der Waals surface area (Å²) in [5.74, 6) is 0. The molecule has 4 heteroatoms. The third-order valence-electron chi connectivity index (χ3n) is 1.25. The highest BCUT2D eigenvalue weighted by Crippen LogP contribution is 2.22. The summed E-state index contributed by atoms with van der Waals surface area (Å²) in [4.78, 5) is 3.86. The quantitative estimate of drug-likeness (QED) is 0.766. The van der Waals surface area contributed by atoms with E-state index in [1.807, 2.05) is 6.07 Å². The fraction of sp³-hybridized carbons (Fsp3) is 0.143. The minimum absolute atomic E-state index is 0.332. The van der Waals surface area contributed by atoms with Crippen LogP contribution in [0.4, 0.5) is 5.69 Å². The van der Waals surface area contributed by atoms with Crippen LogP contribution in [0.15, 0.2) is 16.9 Å². The van der Waals surface area contributed by atoms with Gasteiger partial charge >= 0.3 is 0 Å². The highest BCUT2D eigenvalue weighted by Gasteiger charge is 2.01. The second-order valence-electron chi connectivity index (χ2n) is 2.04. The Kier molecular flexibility index (Phi) is 2.44. The molecule has 0 spiro atoms. The van der Waals surface area contributed by atoms with Crippen LogP contribution in [0, 0.1) is 11.3 Å². The summed E-state index contributed by atoms with van der Waals surface area (Å²) in [6.07, 6.45) is 3.51. The summed E-state index contributed by atoms with van der Waals surface area (Å²) in [5, 5.41) is 8.40. The number of rotatable bonds is 1. The molecule has 2 N–H and O–H groups in total. The molecule has 0 aliphatic rings. The number of nitrogens with two attached hydrogens (primary N) is 1. The molecule has 11 heavy (non-hydrogen) atoms. The first-order valence-corrected chi connectivity index (χ1v) is 3.80. The molecule has 1 heterocycles. The van der Waals surface area contributed by atoms with E-state index in [9.17, 15) is 0 Å². The molecule has 0 bridgehead atoms. The summed E-state index contributed by atoms with van der Waals surface area (Å²) in [5.41, 5.74) is 6.93. The Hall–Kier alpha value is -1.08. The summed E-state index contributed by atoms with van der Waals surface area (Å²) >= 11 is 3.27. The van der Waals surface area contributed by atoms with Crippen LogP contribution < -0.4 is 5.73 Å². The third-order valence-corrected chi connectivity index (χ3v) is 2.22. The molecule has 0 aliphatic heterocycles. The first-order chi connectivity index (χ1) is 5.25. The lowest BCUT2D eigenvalue weighted by Gasteiger charge is -2.00. The lowest BCUT2D eigenvalue weighted by Crippen LogP contribution is -1.93. The van der Waals surface area contributed by atoms with Gasteiger partial charge in [0.05, 0.1) is 24.4 Å². The van der Waals surface area contributed by atoms with E-state index in [1.54, 1.807) is 12.4 Å². The molecule has 0 unspecified atom stereocenters. The zero-order valence-corrected chi connectivity index (χ0v) is 7.30. The molecule has 0 aromatic carbocycles. The molecule has 3 nitrogen and oxygen atoms in total. The van der Waals surface area contributed by atoms with E-state index in [0.29, 0.717) is 12.1 Å². The molecule has 1 aromatic heterocycles. The summed E-state index contributed by atoms with van der Waals surface area (Å²) < 4.78 is 0.772.